The highest BCUT2D eigenvalue weighted by Gasteiger charge is 2.11. The van der Waals surface area contributed by atoms with Crippen molar-refractivity contribution < 1.29 is 4.92 Å². The average molecular weight is 424 g/mol. The molecule has 0 saturated carbocycles. The van der Waals surface area contributed by atoms with Crippen molar-refractivity contribution in [1.82, 2.24) is 4.57 Å². The van der Waals surface area contributed by atoms with Crippen molar-refractivity contribution in [2.24, 2.45) is 0 Å². The van der Waals surface area contributed by atoms with E-state index >= 15 is 0 Å². The van der Waals surface area contributed by atoms with Gasteiger partial charge in [-0.15, -0.1) is 0 Å². The van der Waals surface area contributed by atoms with Gasteiger partial charge in [-0.05, 0) is 28.8 Å². The third-order valence-corrected chi connectivity index (χ3v) is 4.40. The molecule has 0 aromatic carbocycles. The van der Waals surface area contributed by atoms with Crippen LogP contribution in [-0.4, -0.2) is 14.8 Å². The van der Waals surface area contributed by atoms with E-state index in [1.165, 1.54) is 42.5 Å². The summed E-state index contributed by atoms with van der Waals surface area (Å²) >= 11 is 6.50. The van der Waals surface area contributed by atoms with E-state index in [0.29, 0.717) is 6.54 Å². The molecule has 1 aromatic rings. The van der Waals surface area contributed by atoms with Gasteiger partial charge in [-0.25, -0.2) is 0 Å². The number of alkyl halides is 1. The molecule has 118 valence electrons. The van der Waals surface area contributed by atoms with E-state index < -0.39 is 4.92 Å². The number of hydrogen-bond acceptors (Lipinski definition) is 3. The molecule has 5 nitrogen and oxygen atoms in total. The number of unbranched alkanes of at least 4 members (excludes halogenated alkanes) is 6. The van der Waals surface area contributed by atoms with Crippen LogP contribution in [0.5, 0.6) is 0 Å². The molecule has 0 atom stereocenters. The van der Waals surface area contributed by atoms with Gasteiger partial charge in [0, 0.05) is 17.9 Å². The first kappa shape index (κ1) is 18.4. The van der Waals surface area contributed by atoms with E-state index in [4.69, 9.17) is 0 Å². The molecule has 0 saturated heterocycles. The van der Waals surface area contributed by atoms with E-state index in [9.17, 15) is 14.9 Å². The molecule has 0 aliphatic carbocycles. The van der Waals surface area contributed by atoms with Gasteiger partial charge < -0.3 is 4.57 Å². The van der Waals surface area contributed by atoms with Gasteiger partial charge in [0.25, 0.3) is 11.2 Å². The summed E-state index contributed by atoms with van der Waals surface area (Å²) in [6, 6.07) is 1.25. The molecule has 0 unspecified atom stereocenters. The normalized spacial score (nSPS) is 10.8. The van der Waals surface area contributed by atoms with Crippen LogP contribution in [0.25, 0.3) is 0 Å². The summed E-state index contributed by atoms with van der Waals surface area (Å²) in [7, 11) is 0. The van der Waals surface area contributed by atoms with Gasteiger partial charge in [-0.2, -0.15) is 0 Å². The van der Waals surface area contributed by atoms with Gasteiger partial charge in [0.05, 0.1) is 15.6 Å². The fourth-order valence-corrected chi connectivity index (χ4v) is 2.97. The fraction of sp³-hybridized carbons (Fsp3) is 0.643. The first-order chi connectivity index (χ1) is 10.1. The number of aryl methyl sites for hydroxylation is 1. The van der Waals surface area contributed by atoms with Crippen LogP contribution in [0.4, 0.5) is 5.69 Å². The molecule has 0 N–H and O–H groups in total. The predicted octanol–water partition coefficient (Wildman–Crippen LogP) is 4.64. The molecular formula is C14H20Br2N2O3. The summed E-state index contributed by atoms with van der Waals surface area (Å²) in [6.07, 6.45) is 9.30. The molecule has 0 amide bonds. The number of halogens is 2. The van der Waals surface area contributed by atoms with E-state index in [2.05, 4.69) is 31.9 Å². The van der Waals surface area contributed by atoms with E-state index in [0.717, 1.165) is 24.6 Å². The van der Waals surface area contributed by atoms with Crippen LogP contribution in [0, 0.1) is 10.1 Å². The highest BCUT2D eigenvalue weighted by molar-refractivity contribution is 9.10. The summed E-state index contributed by atoms with van der Waals surface area (Å²) in [4.78, 5) is 22.2. The van der Waals surface area contributed by atoms with Crippen molar-refractivity contribution in [2.75, 3.05) is 5.33 Å². The molecule has 7 heteroatoms. The Hall–Kier alpha value is -0.690. The smallest absolute Gasteiger partial charge is 0.286 e. The Kier molecular flexibility index (Phi) is 8.84. The second-order valence-electron chi connectivity index (χ2n) is 4.97. The SMILES string of the molecule is O=c1c(Br)cc([N+](=O)[O-])cn1CCCCCCCCCBr. The van der Waals surface area contributed by atoms with Crippen LogP contribution < -0.4 is 5.56 Å². The van der Waals surface area contributed by atoms with Gasteiger partial charge in [0.2, 0.25) is 0 Å². The minimum absolute atomic E-state index is 0.0590. The molecule has 21 heavy (non-hydrogen) atoms. The van der Waals surface area contributed by atoms with Crippen LogP contribution in [-0.2, 0) is 6.54 Å². The van der Waals surface area contributed by atoms with Gasteiger partial charge in [0.1, 0.15) is 0 Å². The maximum atomic E-state index is 11.9. The van der Waals surface area contributed by atoms with Gasteiger partial charge in [0.15, 0.2) is 0 Å². The molecule has 0 fully saturated rings. The van der Waals surface area contributed by atoms with Crippen LogP contribution in [0.1, 0.15) is 44.9 Å². The summed E-state index contributed by atoms with van der Waals surface area (Å²) < 4.78 is 1.67. The Morgan fingerprint density at radius 2 is 1.67 bits per heavy atom. The Labute approximate surface area is 141 Å². The summed E-state index contributed by atoms with van der Waals surface area (Å²) in [5, 5.41) is 11.9. The second kappa shape index (κ2) is 10.1. The number of pyridine rings is 1. The molecule has 1 heterocycles. The van der Waals surface area contributed by atoms with Gasteiger partial charge in [-0.1, -0.05) is 48.0 Å². The van der Waals surface area contributed by atoms with Crippen LogP contribution >= 0.6 is 31.9 Å². The third-order valence-electron chi connectivity index (χ3n) is 3.27. The van der Waals surface area contributed by atoms with Crippen molar-refractivity contribution in [3.8, 4) is 0 Å². The number of aromatic nitrogens is 1. The Bertz CT molecular complexity index is 517. The number of hydrogen-bond donors (Lipinski definition) is 0. The van der Waals surface area contributed by atoms with Gasteiger partial charge >= 0.3 is 0 Å². The number of rotatable bonds is 10. The zero-order valence-corrected chi connectivity index (χ0v) is 15.1. The minimum Gasteiger partial charge on any atom is -0.308 e. The Morgan fingerprint density at radius 3 is 2.24 bits per heavy atom. The highest BCUT2D eigenvalue weighted by Crippen LogP contribution is 2.15. The van der Waals surface area contributed by atoms with Gasteiger partial charge in [-0.3, -0.25) is 14.9 Å². The molecule has 0 radical (unpaired) electrons. The Morgan fingerprint density at radius 1 is 1.10 bits per heavy atom. The second-order valence-corrected chi connectivity index (χ2v) is 6.61. The van der Waals surface area contributed by atoms with Crippen molar-refractivity contribution in [1.29, 1.82) is 0 Å². The summed E-state index contributed by atoms with van der Waals surface area (Å²) in [5.74, 6) is 0. The van der Waals surface area contributed by atoms with Crippen LogP contribution in [0.3, 0.4) is 0 Å². The van der Waals surface area contributed by atoms with E-state index in [-0.39, 0.29) is 15.7 Å². The quantitative estimate of drug-likeness (QED) is 0.238. The summed E-state index contributed by atoms with van der Waals surface area (Å²) in [5.41, 5.74) is -0.269. The zero-order chi connectivity index (χ0) is 15.7. The standard InChI is InChI=1S/C14H20Br2N2O3/c15-8-6-4-2-1-3-5-7-9-17-11-12(18(20)21)10-13(16)14(17)19/h10-11H,1-9H2. The lowest BCUT2D eigenvalue weighted by atomic mass is 10.1. The average Bonchev–Trinajstić information content (AvgIpc) is 2.45. The lowest BCUT2D eigenvalue weighted by Crippen LogP contribution is -2.20. The topological polar surface area (TPSA) is 65.1 Å². The Balaban J connectivity index is 2.38. The third kappa shape index (κ3) is 6.74. The zero-order valence-electron chi connectivity index (χ0n) is 11.9. The maximum absolute atomic E-state index is 11.9. The monoisotopic (exact) mass is 422 g/mol. The van der Waals surface area contributed by atoms with Crippen molar-refractivity contribution in [2.45, 2.75) is 51.5 Å². The fourth-order valence-electron chi connectivity index (χ4n) is 2.11. The largest absolute Gasteiger partial charge is 0.308 e. The van der Waals surface area contributed by atoms with Crippen molar-refractivity contribution in [3.63, 3.8) is 0 Å². The molecule has 0 aliphatic rings. The first-order valence-corrected chi connectivity index (χ1v) is 9.08. The molecule has 1 aromatic heterocycles. The molecule has 1 rings (SSSR count). The minimum atomic E-state index is -0.482. The van der Waals surface area contributed by atoms with Crippen LogP contribution in [0.15, 0.2) is 21.5 Å². The maximum Gasteiger partial charge on any atom is 0.286 e. The molecule has 0 spiro atoms. The lowest BCUT2D eigenvalue weighted by molar-refractivity contribution is -0.385. The number of nitro groups is 1. The molecule has 0 bridgehead atoms. The van der Waals surface area contributed by atoms with Crippen molar-refractivity contribution in [3.05, 3.63) is 37.2 Å². The first-order valence-electron chi connectivity index (χ1n) is 7.16. The molecular weight excluding hydrogens is 404 g/mol. The van der Waals surface area contributed by atoms with Crippen LogP contribution in [0.2, 0.25) is 0 Å². The summed E-state index contributed by atoms with van der Waals surface area (Å²) in [6.45, 7) is 0.528. The molecule has 0 aliphatic heterocycles. The van der Waals surface area contributed by atoms with E-state index in [1.807, 2.05) is 0 Å². The highest BCUT2D eigenvalue weighted by atomic mass is 79.9. The van der Waals surface area contributed by atoms with E-state index in [1.54, 1.807) is 0 Å². The predicted molar refractivity (Wildman–Crippen MR) is 91.2 cm³/mol. The number of nitrogens with zero attached hydrogens (tertiary/aromatic N) is 2. The lowest BCUT2D eigenvalue weighted by Gasteiger charge is -2.06. The van der Waals surface area contributed by atoms with Crippen molar-refractivity contribution >= 4 is 37.5 Å².